The molecule has 0 aromatic rings. The lowest BCUT2D eigenvalue weighted by Crippen LogP contribution is -2.64. The van der Waals surface area contributed by atoms with Crippen LogP contribution in [0, 0.1) is 11.8 Å². The van der Waals surface area contributed by atoms with E-state index in [0.29, 0.717) is 12.0 Å². The van der Waals surface area contributed by atoms with Crippen LogP contribution in [0.5, 0.6) is 0 Å². The summed E-state index contributed by atoms with van der Waals surface area (Å²) in [6, 6.07) is 0.655. The molecule has 120 valence electrons. The van der Waals surface area contributed by atoms with Crippen molar-refractivity contribution in [2.75, 3.05) is 32.8 Å². The van der Waals surface area contributed by atoms with Crippen molar-refractivity contribution < 1.29 is 4.74 Å². The zero-order chi connectivity index (χ0) is 15.2. The van der Waals surface area contributed by atoms with Gasteiger partial charge in [0.25, 0.3) is 0 Å². The van der Waals surface area contributed by atoms with Crippen LogP contribution in [0.15, 0.2) is 0 Å². The minimum Gasteiger partial charge on any atom is -0.380 e. The van der Waals surface area contributed by atoms with Crippen LogP contribution in [0.3, 0.4) is 0 Å². The van der Waals surface area contributed by atoms with Gasteiger partial charge in [-0.15, -0.1) is 0 Å². The summed E-state index contributed by atoms with van der Waals surface area (Å²) in [6.07, 6.45) is 2.43. The highest BCUT2D eigenvalue weighted by atomic mass is 16.5. The van der Waals surface area contributed by atoms with Gasteiger partial charge in [-0.1, -0.05) is 41.0 Å². The van der Waals surface area contributed by atoms with Gasteiger partial charge in [-0.25, -0.2) is 0 Å². The van der Waals surface area contributed by atoms with Crippen LogP contribution in [0.2, 0.25) is 0 Å². The highest BCUT2D eigenvalue weighted by Gasteiger charge is 2.35. The molecule has 3 unspecified atom stereocenters. The van der Waals surface area contributed by atoms with Gasteiger partial charge in [-0.3, -0.25) is 4.90 Å². The molecule has 1 saturated heterocycles. The smallest absolute Gasteiger partial charge is 0.0593 e. The van der Waals surface area contributed by atoms with Gasteiger partial charge in [0.2, 0.25) is 0 Å². The van der Waals surface area contributed by atoms with Crippen molar-refractivity contribution in [3.63, 3.8) is 0 Å². The zero-order valence-corrected chi connectivity index (χ0v) is 14.5. The molecule has 0 amide bonds. The molecule has 0 spiro atoms. The Hall–Kier alpha value is -0.120. The number of rotatable bonds is 8. The van der Waals surface area contributed by atoms with Crippen molar-refractivity contribution in [1.82, 2.24) is 10.2 Å². The van der Waals surface area contributed by atoms with Crippen LogP contribution in [-0.4, -0.2) is 49.3 Å². The van der Waals surface area contributed by atoms with E-state index in [4.69, 9.17) is 4.74 Å². The van der Waals surface area contributed by atoms with Gasteiger partial charge in [-0.05, 0) is 25.2 Å². The third kappa shape index (κ3) is 5.34. The third-order valence-electron chi connectivity index (χ3n) is 4.81. The standard InChI is InChI=1S/C17H36N2O/c1-7-15(5)16-11-18-17(6,8-2)13-19(16)9-10-20-12-14(3)4/h14-16,18H,7-13H2,1-6H3. The fraction of sp³-hybridized carbons (Fsp3) is 1.00. The number of hydrogen-bond donors (Lipinski definition) is 1. The minimum atomic E-state index is 0.266. The Morgan fingerprint density at radius 3 is 2.55 bits per heavy atom. The maximum absolute atomic E-state index is 5.80. The lowest BCUT2D eigenvalue weighted by Gasteiger charge is -2.48. The van der Waals surface area contributed by atoms with E-state index in [1.54, 1.807) is 0 Å². The highest BCUT2D eigenvalue weighted by molar-refractivity contribution is 4.95. The fourth-order valence-corrected chi connectivity index (χ4v) is 2.92. The summed E-state index contributed by atoms with van der Waals surface area (Å²) in [5, 5.41) is 3.77. The molecule has 0 saturated carbocycles. The maximum atomic E-state index is 5.80. The molecule has 3 atom stereocenters. The predicted molar refractivity (Wildman–Crippen MR) is 87.2 cm³/mol. The van der Waals surface area contributed by atoms with Crippen molar-refractivity contribution in [2.45, 2.75) is 66.0 Å². The Morgan fingerprint density at radius 2 is 2.00 bits per heavy atom. The second-order valence-electron chi connectivity index (χ2n) is 7.19. The Labute approximate surface area is 126 Å². The molecule has 0 aromatic heterocycles. The molecule has 1 aliphatic rings. The molecule has 20 heavy (non-hydrogen) atoms. The maximum Gasteiger partial charge on any atom is 0.0593 e. The molecule has 0 bridgehead atoms. The molecular formula is C17H36N2O. The van der Waals surface area contributed by atoms with Gasteiger partial charge in [0.05, 0.1) is 6.61 Å². The normalized spacial score (nSPS) is 29.9. The van der Waals surface area contributed by atoms with Crippen molar-refractivity contribution in [1.29, 1.82) is 0 Å². The Bertz CT molecular complexity index is 270. The SMILES string of the molecule is CCC(C)C1CNC(C)(CC)CN1CCOCC(C)C. The number of nitrogens with one attached hydrogen (secondary N) is 1. The van der Waals surface area contributed by atoms with Gasteiger partial charge in [0.15, 0.2) is 0 Å². The second kappa shape index (κ2) is 8.35. The van der Waals surface area contributed by atoms with Gasteiger partial charge in [0.1, 0.15) is 0 Å². The van der Waals surface area contributed by atoms with Crippen LogP contribution in [0.4, 0.5) is 0 Å². The predicted octanol–water partition coefficient (Wildman–Crippen LogP) is 3.15. The first-order chi connectivity index (χ1) is 9.41. The van der Waals surface area contributed by atoms with Crippen molar-refractivity contribution in [3.8, 4) is 0 Å². The highest BCUT2D eigenvalue weighted by Crippen LogP contribution is 2.24. The number of nitrogens with zero attached hydrogens (tertiary/aromatic N) is 1. The van der Waals surface area contributed by atoms with Crippen LogP contribution in [-0.2, 0) is 4.74 Å². The molecule has 1 heterocycles. The van der Waals surface area contributed by atoms with E-state index in [1.807, 2.05) is 0 Å². The van der Waals surface area contributed by atoms with Crippen LogP contribution in [0.1, 0.15) is 54.4 Å². The van der Waals surface area contributed by atoms with E-state index in [0.717, 1.165) is 38.8 Å². The van der Waals surface area contributed by atoms with E-state index in [2.05, 4.69) is 51.8 Å². The van der Waals surface area contributed by atoms with Crippen LogP contribution in [0.25, 0.3) is 0 Å². The molecule has 0 radical (unpaired) electrons. The van der Waals surface area contributed by atoms with Gasteiger partial charge in [-0.2, -0.15) is 0 Å². The molecule has 0 aromatic carbocycles. The summed E-state index contributed by atoms with van der Waals surface area (Å²) in [7, 11) is 0. The van der Waals surface area contributed by atoms with E-state index in [-0.39, 0.29) is 5.54 Å². The summed E-state index contributed by atoms with van der Waals surface area (Å²) in [4.78, 5) is 2.66. The first-order valence-corrected chi connectivity index (χ1v) is 8.48. The first-order valence-electron chi connectivity index (χ1n) is 8.48. The summed E-state index contributed by atoms with van der Waals surface area (Å²) < 4.78 is 5.80. The molecule has 3 nitrogen and oxygen atoms in total. The number of piperazine rings is 1. The van der Waals surface area contributed by atoms with Crippen molar-refractivity contribution >= 4 is 0 Å². The van der Waals surface area contributed by atoms with Gasteiger partial charge < -0.3 is 10.1 Å². The van der Waals surface area contributed by atoms with E-state index < -0.39 is 0 Å². The summed E-state index contributed by atoms with van der Waals surface area (Å²) >= 11 is 0. The molecule has 1 rings (SSSR count). The molecular weight excluding hydrogens is 248 g/mol. The summed E-state index contributed by atoms with van der Waals surface area (Å²) in [6.45, 7) is 18.8. The summed E-state index contributed by atoms with van der Waals surface area (Å²) in [5.41, 5.74) is 0.266. The third-order valence-corrected chi connectivity index (χ3v) is 4.81. The molecule has 3 heteroatoms. The summed E-state index contributed by atoms with van der Waals surface area (Å²) in [5.74, 6) is 1.37. The van der Waals surface area contributed by atoms with E-state index >= 15 is 0 Å². The fourth-order valence-electron chi connectivity index (χ4n) is 2.92. The average Bonchev–Trinajstić information content (AvgIpc) is 2.43. The largest absolute Gasteiger partial charge is 0.380 e. The van der Waals surface area contributed by atoms with Gasteiger partial charge >= 0.3 is 0 Å². The number of ether oxygens (including phenoxy) is 1. The number of hydrogen-bond acceptors (Lipinski definition) is 3. The topological polar surface area (TPSA) is 24.5 Å². The van der Waals surface area contributed by atoms with Gasteiger partial charge in [0, 0.05) is 37.8 Å². The monoisotopic (exact) mass is 284 g/mol. The second-order valence-corrected chi connectivity index (χ2v) is 7.19. The van der Waals surface area contributed by atoms with E-state index in [1.165, 1.54) is 12.8 Å². The lowest BCUT2D eigenvalue weighted by molar-refractivity contribution is 0.0198. The Balaban J connectivity index is 2.53. The quantitative estimate of drug-likeness (QED) is 0.693. The zero-order valence-electron chi connectivity index (χ0n) is 14.5. The molecule has 0 aliphatic carbocycles. The average molecular weight is 284 g/mol. The van der Waals surface area contributed by atoms with Crippen molar-refractivity contribution in [3.05, 3.63) is 0 Å². The van der Waals surface area contributed by atoms with Crippen LogP contribution < -0.4 is 5.32 Å². The Morgan fingerprint density at radius 1 is 1.30 bits per heavy atom. The van der Waals surface area contributed by atoms with E-state index in [9.17, 15) is 0 Å². The molecule has 1 fully saturated rings. The minimum absolute atomic E-state index is 0.266. The lowest BCUT2D eigenvalue weighted by atomic mass is 9.88. The van der Waals surface area contributed by atoms with Crippen molar-refractivity contribution in [2.24, 2.45) is 11.8 Å². The van der Waals surface area contributed by atoms with Crippen LogP contribution >= 0.6 is 0 Å². The molecule has 1 aliphatic heterocycles. The first kappa shape index (κ1) is 17.9. The Kier molecular flexibility index (Phi) is 7.49. The molecule has 1 N–H and O–H groups in total.